The first kappa shape index (κ1) is 47.5. The molecule has 5 aromatic rings. The molecular formula is C55H64ClN5O6. The van der Waals surface area contributed by atoms with Crippen LogP contribution >= 0.6 is 11.6 Å². The van der Waals surface area contributed by atoms with E-state index in [4.69, 9.17) is 21.1 Å². The SMILES string of the molecule is CNC(=O)c1ccc(-c2cccc(CCCNC(=O)CCCOc3ccc4c(c3)C3(CCC(Nc5cccc(Cl)c5)(C(=O)O)CC3)C(C[C@@H](C)COc3ccnc5c3[C@H](C)CCC5)C4)c2)cn1. The molecule has 2 heterocycles. The molecular weight excluding hydrogens is 862 g/mol. The molecule has 2 aromatic heterocycles. The van der Waals surface area contributed by atoms with Crippen LogP contribution in [0.15, 0.2) is 97.3 Å². The molecule has 3 atom stereocenters. The minimum atomic E-state index is -1.11. The first-order valence-corrected chi connectivity index (χ1v) is 24.5. The molecule has 12 heteroatoms. The van der Waals surface area contributed by atoms with Gasteiger partial charge in [0.2, 0.25) is 5.91 Å². The van der Waals surface area contributed by atoms with E-state index in [2.05, 4.69) is 64.0 Å². The van der Waals surface area contributed by atoms with E-state index in [1.54, 1.807) is 31.4 Å². The van der Waals surface area contributed by atoms with Gasteiger partial charge in [-0.05, 0) is 165 Å². The van der Waals surface area contributed by atoms with Crippen LogP contribution in [0.1, 0.15) is 122 Å². The first-order valence-electron chi connectivity index (χ1n) is 24.1. The summed E-state index contributed by atoms with van der Waals surface area (Å²) in [6.45, 7) is 6.14. The van der Waals surface area contributed by atoms with Gasteiger partial charge in [-0.2, -0.15) is 0 Å². The number of carbonyl (C=O) groups excluding carboxylic acids is 2. The molecule has 352 valence electrons. The van der Waals surface area contributed by atoms with Crippen LogP contribution < -0.4 is 25.4 Å². The largest absolute Gasteiger partial charge is 0.494 e. The molecule has 1 saturated carbocycles. The van der Waals surface area contributed by atoms with E-state index in [0.717, 1.165) is 67.6 Å². The molecule has 11 nitrogen and oxygen atoms in total. The Morgan fingerprint density at radius 1 is 0.925 bits per heavy atom. The summed E-state index contributed by atoms with van der Waals surface area (Å²) in [5.74, 6) is 1.69. The van der Waals surface area contributed by atoms with E-state index >= 15 is 0 Å². The lowest BCUT2D eigenvalue weighted by molar-refractivity contribution is -0.144. The normalized spacial score (nSPS) is 21.1. The van der Waals surface area contributed by atoms with E-state index in [0.29, 0.717) is 86.5 Å². The minimum Gasteiger partial charge on any atom is -0.494 e. The number of benzene rings is 3. The van der Waals surface area contributed by atoms with Crippen molar-refractivity contribution < 1.29 is 29.0 Å². The van der Waals surface area contributed by atoms with E-state index in [1.165, 1.54) is 27.9 Å². The van der Waals surface area contributed by atoms with Gasteiger partial charge in [0.1, 0.15) is 22.7 Å². The Kier molecular flexibility index (Phi) is 15.2. The summed E-state index contributed by atoms with van der Waals surface area (Å²) in [7, 11) is 1.59. The van der Waals surface area contributed by atoms with Gasteiger partial charge in [0.15, 0.2) is 0 Å². The summed E-state index contributed by atoms with van der Waals surface area (Å²) in [6.07, 6.45) is 13.7. The zero-order valence-electron chi connectivity index (χ0n) is 39.0. The van der Waals surface area contributed by atoms with Gasteiger partial charge in [-0.15, -0.1) is 0 Å². The van der Waals surface area contributed by atoms with Crippen molar-refractivity contribution in [1.82, 2.24) is 20.6 Å². The molecule has 2 amide bonds. The number of halogens is 1. The molecule has 1 unspecified atom stereocenters. The fraction of sp³-hybridized carbons (Fsp3) is 0.436. The smallest absolute Gasteiger partial charge is 0.329 e. The van der Waals surface area contributed by atoms with Crippen LogP contribution in [0.5, 0.6) is 11.5 Å². The van der Waals surface area contributed by atoms with Crippen molar-refractivity contribution in [2.24, 2.45) is 11.8 Å². The second-order valence-electron chi connectivity index (χ2n) is 19.1. The highest BCUT2D eigenvalue weighted by atomic mass is 35.5. The van der Waals surface area contributed by atoms with Crippen molar-refractivity contribution in [3.05, 3.63) is 136 Å². The van der Waals surface area contributed by atoms with Crippen LogP contribution in [0.2, 0.25) is 5.02 Å². The lowest BCUT2D eigenvalue weighted by Crippen LogP contribution is -2.53. The second-order valence-corrected chi connectivity index (χ2v) is 19.6. The van der Waals surface area contributed by atoms with Gasteiger partial charge >= 0.3 is 5.97 Å². The van der Waals surface area contributed by atoms with Gasteiger partial charge in [0.25, 0.3) is 5.91 Å². The van der Waals surface area contributed by atoms with E-state index in [9.17, 15) is 19.5 Å². The van der Waals surface area contributed by atoms with Crippen LogP contribution in [-0.2, 0) is 34.3 Å². The number of rotatable bonds is 19. The number of aromatic nitrogens is 2. The lowest BCUT2D eigenvalue weighted by atomic mass is 9.59. The molecule has 1 spiro atoms. The van der Waals surface area contributed by atoms with Gasteiger partial charge in [-0.25, -0.2) is 4.79 Å². The molecule has 3 aliphatic carbocycles. The molecule has 3 aliphatic rings. The average Bonchev–Trinajstić information content (AvgIpc) is 3.62. The van der Waals surface area contributed by atoms with Gasteiger partial charge in [0.05, 0.1) is 13.2 Å². The van der Waals surface area contributed by atoms with E-state index in [-0.39, 0.29) is 23.1 Å². The Balaban J connectivity index is 0.871. The maximum atomic E-state index is 13.1. The number of ether oxygens (including phenoxy) is 2. The zero-order chi connectivity index (χ0) is 47.0. The third-order valence-corrected chi connectivity index (χ3v) is 14.8. The van der Waals surface area contributed by atoms with E-state index in [1.807, 2.05) is 48.7 Å². The molecule has 67 heavy (non-hydrogen) atoms. The maximum absolute atomic E-state index is 13.1. The number of fused-ring (bicyclic) bond motifs is 3. The zero-order valence-corrected chi connectivity index (χ0v) is 39.8. The molecule has 0 aliphatic heterocycles. The number of carboxylic acid groups (broad SMARTS) is 1. The monoisotopic (exact) mass is 925 g/mol. The predicted molar refractivity (Wildman–Crippen MR) is 263 cm³/mol. The summed E-state index contributed by atoms with van der Waals surface area (Å²) in [4.78, 5) is 46.8. The molecule has 0 bridgehead atoms. The standard InChI is InChI=1S/C55H64ClN5O6/c1-36(35-67-49-21-27-58-47-15-4-9-37(2)51(47)49)29-42-31-40-17-19-45(33-46(40)54(42)22-24-55(25-23-54,53(64)65)61-44-14-6-13-43(56)32-44)66-28-8-16-50(62)59-26-7-11-38-10-5-12-39(30-38)41-18-20-48(60-34-41)52(63)57-3/h5-6,10,12-14,17-21,27,30,32-34,36-37,42,61H,4,7-9,11,15-16,22-26,28-29,31,35H2,1-3H3,(H,57,63)(H,59,62)(H,64,65)/t36-,37-,42?,54?,55?/m1/s1. The van der Waals surface area contributed by atoms with Crippen molar-refractivity contribution in [3.63, 3.8) is 0 Å². The van der Waals surface area contributed by atoms with Crippen molar-refractivity contribution >= 4 is 35.1 Å². The third-order valence-electron chi connectivity index (χ3n) is 14.5. The molecule has 0 saturated heterocycles. The van der Waals surface area contributed by atoms with Gasteiger partial charge in [0, 0.05) is 59.9 Å². The first-order chi connectivity index (χ1) is 32.4. The summed E-state index contributed by atoms with van der Waals surface area (Å²) in [6, 6.07) is 27.6. The average molecular weight is 927 g/mol. The number of hydrogen-bond acceptors (Lipinski definition) is 8. The fourth-order valence-electron chi connectivity index (χ4n) is 10.9. The molecule has 3 aromatic carbocycles. The number of aryl methyl sites for hydroxylation is 2. The van der Waals surface area contributed by atoms with Gasteiger partial charge in [-0.3, -0.25) is 19.6 Å². The predicted octanol–water partition coefficient (Wildman–Crippen LogP) is 10.5. The van der Waals surface area contributed by atoms with Crippen molar-refractivity contribution in [1.29, 1.82) is 0 Å². The fourth-order valence-corrected chi connectivity index (χ4v) is 11.1. The second kappa shape index (κ2) is 21.3. The Labute approximate surface area is 399 Å². The summed E-state index contributed by atoms with van der Waals surface area (Å²) >= 11 is 6.33. The summed E-state index contributed by atoms with van der Waals surface area (Å²) < 4.78 is 13.0. The van der Waals surface area contributed by atoms with Crippen LogP contribution in [0.4, 0.5) is 5.69 Å². The van der Waals surface area contributed by atoms with Crippen LogP contribution in [-0.4, -0.2) is 65.2 Å². The lowest BCUT2D eigenvalue weighted by Gasteiger charge is -2.47. The van der Waals surface area contributed by atoms with Crippen molar-refractivity contribution in [3.8, 4) is 22.6 Å². The molecule has 1 fully saturated rings. The van der Waals surface area contributed by atoms with Gasteiger partial charge in [-0.1, -0.05) is 67.9 Å². The number of pyridine rings is 2. The van der Waals surface area contributed by atoms with Crippen molar-refractivity contribution in [2.75, 3.05) is 32.1 Å². The number of anilines is 1. The van der Waals surface area contributed by atoms with Gasteiger partial charge < -0.3 is 30.5 Å². The number of nitrogens with zero attached hydrogens (tertiary/aromatic N) is 2. The minimum absolute atomic E-state index is 0.00214. The number of aliphatic carboxylic acids is 1. The van der Waals surface area contributed by atoms with Crippen LogP contribution in [0.3, 0.4) is 0 Å². The summed E-state index contributed by atoms with van der Waals surface area (Å²) in [5, 5.41) is 20.4. The Morgan fingerprint density at radius 2 is 1.76 bits per heavy atom. The highest BCUT2D eigenvalue weighted by Crippen LogP contribution is 2.57. The maximum Gasteiger partial charge on any atom is 0.329 e. The quantitative estimate of drug-likeness (QED) is 0.0593. The highest BCUT2D eigenvalue weighted by molar-refractivity contribution is 6.30. The highest BCUT2D eigenvalue weighted by Gasteiger charge is 2.54. The Hall–Kier alpha value is -5.94. The number of carboxylic acids is 1. The number of amides is 2. The third kappa shape index (κ3) is 11.1. The van der Waals surface area contributed by atoms with Crippen LogP contribution in [0, 0.1) is 11.8 Å². The number of carbonyl (C=O) groups is 3. The topological polar surface area (TPSA) is 152 Å². The Morgan fingerprint density at radius 3 is 2.54 bits per heavy atom. The van der Waals surface area contributed by atoms with Crippen molar-refractivity contribution in [2.45, 2.75) is 114 Å². The molecule has 4 N–H and O–H groups in total. The van der Waals surface area contributed by atoms with E-state index < -0.39 is 11.5 Å². The molecule has 0 radical (unpaired) electrons. The number of hydrogen-bond donors (Lipinski definition) is 4. The molecule has 8 rings (SSSR count). The Bertz CT molecular complexity index is 2540. The summed E-state index contributed by atoms with van der Waals surface area (Å²) in [5.41, 5.74) is 7.88. The number of nitrogens with one attached hydrogen (secondary N) is 3. The van der Waals surface area contributed by atoms with Crippen LogP contribution in [0.25, 0.3) is 11.1 Å².